The number of rotatable bonds is 6. The van der Waals surface area contributed by atoms with Gasteiger partial charge >= 0.3 is 0 Å². The molecule has 4 heteroatoms. The lowest BCUT2D eigenvalue weighted by molar-refractivity contribution is 0.404. The fourth-order valence-electron chi connectivity index (χ4n) is 2.31. The Balaban J connectivity index is 2.47. The Labute approximate surface area is 136 Å². The molecule has 0 spiro atoms. The molecular formula is C17H19Cl2NO. The van der Waals surface area contributed by atoms with Crippen LogP contribution in [0.4, 0.5) is 0 Å². The Morgan fingerprint density at radius 2 is 1.86 bits per heavy atom. The van der Waals surface area contributed by atoms with Gasteiger partial charge in [0.05, 0.1) is 13.2 Å². The molecule has 2 rings (SSSR count). The first kappa shape index (κ1) is 16.2. The van der Waals surface area contributed by atoms with E-state index in [4.69, 9.17) is 27.9 Å². The Kier molecular flexibility index (Phi) is 5.92. The van der Waals surface area contributed by atoms with E-state index in [1.54, 1.807) is 7.11 Å². The smallest absolute Gasteiger partial charge is 0.124 e. The third kappa shape index (κ3) is 4.13. The normalized spacial score (nSPS) is 12.2. The summed E-state index contributed by atoms with van der Waals surface area (Å²) in [6, 6.07) is 13.5. The van der Waals surface area contributed by atoms with Gasteiger partial charge in [-0.1, -0.05) is 42.3 Å². The molecule has 0 amide bonds. The average molecular weight is 324 g/mol. The van der Waals surface area contributed by atoms with Crippen LogP contribution in [0.3, 0.4) is 0 Å². The van der Waals surface area contributed by atoms with Crippen LogP contribution in [0.1, 0.15) is 30.5 Å². The number of ether oxygens (including phenoxy) is 1. The van der Waals surface area contributed by atoms with Crippen LogP contribution in [0, 0.1) is 0 Å². The highest BCUT2D eigenvalue weighted by Crippen LogP contribution is 2.33. The number of halogens is 2. The third-order valence-electron chi connectivity index (χ3n) is 3.28. The summed E-state index contributed by atoms with van der Waals surface area (Å²) in [6.45, 7) is 3.03. The molecule has 0 heterocycles. The summed E-state index contributed by atoms with van der Waals surface area (Å²) in [5, 5.41) is 4.94. The van der Waals surface area contributed by atoms with Gasteiger partial charge in [-0.15, -0.1) is 0 Å². The van der Waals surface area contributed by atoms with Gasteiger partial charge in [-0.2, -0.15) is 0 Å². The van der Waals surface area contributed by atoms with Crippen LogP contribution in [0.2, 0.25) is 10.0 Å². The first-order valence-electron chi connectivity index (χ1n) is 6.98. The maximum atomic E-state index is 6.16. The van der Waals surface area contributed by atoms with Crippen LogP contribution in [0.25, 0.3) is 0 Å². The Hall–Kier alpha value is -1.22. The van der Waals surface area contributed by atoms with Crippen LogP contribution >= 0.6 is 23.2 Å². The second-order valence-electron chi connectivity index (χ2n) is 4.83. The molecule has 2 aromatic rings. The molecule has 0 aliphatic carbocycles. The molecular weight excluding hydrogens is 305 g/mol. The van der Waals surface area contributed by atoms with Gasteiger partial charge in [-0.05, 0) is 48.9 Å². The maximum Gasteiger partial charge on any atom is 0.124 e. The van der Waals surface area contributed by atoms with E-state index in [1.807, 2.05) is 36.4 Å². The predicted molar refractivity (Wildman–Crippen MR) is 89.6 cm³/mol. The van der Waals surface area contributed by atoms with Gasteiger partial charge < -0.3 is 10.1 Å². The van der Waals surface area contributed by atoms with E-state index in [-0.39, 0.29) is 6.04 Å². The number of nitrogens with one attached hydrogen (secondary N) is 1. The molecule has 1 unspecified atom stereocenters. The second kappa shape index (κ2) is 7.69. The lowest BCUT2D eigenvalue weighted by Gasteiger charge is -2.22. The molecule has 0 bridgehead atoms. The van der Waals surface area contributed by atoms with Gasteiger partial charge in [-0.25, -0.2) is 0 Å². The fraction of sp³-hybridized carbons (Fsp3) is 0.294. The Bertz CT molecular complexity index is 601. The minimum atomic E-state index is -0.00250. The maximum absolute atomic E-state index is 6.16. The molecule has 1 N–H and O–H groups in total. The number of hydrogen-bond donors (Lipinski definition) is 1. The quantitative estimate of drug-likeness (QED) is 0.799. The van der Waals surface area contributed by atoms with Crippen LogP contribution in [0.15, 0.2) is 42.5 Å². The predicted octanol–water partition coefficient (Wildman–Crippen LogP) is 5.09. The van der Waals surface area contributed by atoms with Crippen molar-refractivity contribution in [2.24, 2.45) is 0 Å². The molecule has 0 saturated heterocycles. The highest BCUT2D eigenvalue weighted by molar-refractivity contribution is 6.31. The lowest BCUT2D eigenvalue weighted by Crippen LogP contribution is -2.23. The van der Waals surface area contributed by atoms with Gasteiger partial charge in [0, 0.05) is 15.6 Å². The largest absolute Gasteiger partial charge is 0.496 e. The van der Waals surface area contributed by atoms with Crippen molar-refractivity contribution in [1.82, 2.24) is 5.32 Å². The van der Waals surface area contributed by atoms with Crippen molar-refractivity contribution in [3.05, 3.63) is 63.6 Å². The molecule has 0 saturated carbocycles. The summed E-state index contributed by atoms with van der Waals surface area (Å²) in [5.74, 6) is 0.813. The van der Waals surface area contributed by atoms with Crippen molar-refractivity contribution < 1.29 is 4.74 Å². The summed E-state index contributed by atoms with van der Waals surface area (Å²) in [5.41, 5.74) is 2.11. The van der Waals surface area contributed by atoms with E-state index < -0.39 is 0 Å². The average Bonchev–Trinajstić information content (AvgIpc) is 2.48. The molecule has 0 aromatic heterocycles. The zero-order valence-electron chi connectivity index (χ0n) is 12.2. The minimum Gasteiger partial charge on any atom is -0.496 e. The third-order valence-corrected chi connectivity index (χ3v) is 3.75. The summed E-state index contributed by atoms with van der Waals surface area (Å²) < 4.78 is 5.48. The molecule has 0 fully saturated rings. The van der Waals surface area contributed by atoms with Crippen LogP contribution in [-0.4, -0.2) is 13.7 Å². The van der Waals surface area contributed by atoms with Crippen molar-refractivity contribution in [2.45, 2.75) is 19.4 Å². The SMILES string of the molecule is CCCNC(c1cccc(Cl)c1)c1cc(Cl)ccc1OC. The zero-order chi connectivity index (χ0) is 15.2. The van der Waals surface area contributed by atoms with Gasteiger partial charge in [0.15, 0.2) is 0 Å². The second-order valence-corrected chi connectivity index (χ2v) is 5.70. The van der Waals surface area contributed by atoms with Crippen molar-refractivity contribution in [1.29, 1.82) is 0 Å². The molecule has 21 heavy (non-hydrogen) atoms. The topological polar surface area (TPSA) is 21.3 Å². The first-order chi connectivity index (χ1) is 10.2. The summed E-state index contributed by atoms with van der Waals surface area (Å²) in [6.07, 6.45) is 1.04. The van der Waals surface area contributed by atoms with E-state index in [9.17, 15) is 0 Å². The summed E-state index contributed by atoms with van der Waals surface area (Å²) in [4.78, 5) is 0. The highest BCUT2D eigenvalue weighted by Gasteiger charge is 2.18. The van der Waals surface area contributed by atoms with Crippen molar-refractivity contribution in [2.75, 3.05) is 13.7 Å². The molecule has 1 atom stereocenters. The monoisotopic (exact) mass is 323 g/mol. The Morgan fingerprint density at radius 3 is 2.52 bits per heavy atom. The summed E-state index contributed by atoms with van der Waals surface area (Å²) >= 11 is 12.3. The fourth-order valence-corrected chi connectivity index (χ4v) is 2.69. The van der Waals surface area contributed by atoms with Gasteiger partial charge in [-0.3, -0.25) is 0 Å². The number of methoxy groups -OCH3 is 1. The lowest BCUT2D eigenvalue weighted by atomic mass is 9.97. The van der Waals surface area contributed by atoms with Crippen molar-refractivity contribution in [3.8, 4) is 5.75 Å². The molecule has 0 aliphatic heterocycles. The number of hydrogen-bond acceptors (Lipinski definition) is 2. The van der Waals surface area contributed by atoms with Gasteiger partial charge in [0.25, 0.3) is 0 Å². The Morgan fingerprint density at radius 1 is 1.10 bits per heavy atom. The molecule has 0 radical (unpaired) electrons. The van der Waals surface area contributed by atoms with E-state index in [0.29, 0.717) is 5.02 Å². The van der Waals surface area contributed by atoms with E-state index in [1.165, 1.54) is 0 Å². The van der Waals surface area contributed by atoms with Crippen molar-refractivity contribution in [3.63, 3.8) is 0 Å². The number of benzene rings is 2. The van der Waals surface area contributed by atoms with Crippen LogP contribution in [0.5, 0.6) is 5.75 Å². The highest BCUT2D eigenvalue weighted by atomic mass is 35.5. The summed E-state index contributed by atoms with van der Waals surface area (Å²) in [7, 11) is 1.67. The molecule has 2 nitrogen and oxygen atoms in total. The molecule has 2 aromatic carbocycles. The van der Waals surface area contributed by atoms with Gasteiger partial charge in [0.1, 0.15) is 5.75 Å². The van der Waals surface area contributed by atoms with E-state index in [2.05, 4.69) is 18.3 Å². The van der Waals surface area contributed by atoms with E-state index >= 15 is 0 Å². The standard InChI is InChI=1S/C17H19Cl2NO/c1-3-9-20-17(12-5-4-6-13(18)10-12)15-11-14(19)7-8-16(15)21-2/h4-8,10-11,17,20H,3,9H2,1-2H3. The minimum absolute atomic E-state index is 0.00250. The van der Waals surface area contributed by atoms with Gasteiger partial charge in [0.2, 0.25) is 0 Å². The van der Waals surface area contributed by atoms with Crippen molar-refractivity contribution >= 4 is 23.2 Å². The zero-order valence-corrected chi connectivity index (χ0v) is 13.7. The van der Waals surface area contributed by atoms with E-state index in [0.717, 1.165) is 34.9 Å². The molecule has 0 aliphatic rings. The van der Waals surface area contributed by atoms with Crippen LogP contribution < -0.4 is 10.1 Å². The van der Waals surface area contributed by atoms with Crippen LogP contribution in [-0.2, 0) is 0 Å². The molecule has 112 valence electrons. The first-order valence-corrected chi connectivity index (χ1v) is 7.73.